The van der Waals surface area contributed by atoms with Crippen molar-refractivity contribution in [1.82, 2.24) is 15.0 Å². The van der Waals surface area contributed by atoms with Gasteiger partial charge in [0.1, 0.15) is 17.4 Å². The number of nitrogens with one attached hydrogen (secondary N) is 1. The Morgan fingerprint density at radius 2 is 1.38 bits per heavy atom. The molecule has 2 N–H and O–H groups in total. The molecule has 0 spiro atoms. The molecule has 0 saturated heterocycles. The normalized spacial score (nSPS) is 10.3. The van der Waals surface area contributed by atoms with E-state index in [1.165, 1.54) is 12.1 Å². The number of phenolic OH excluding ortho intramolecular Hbond substituents is 1. The van der Waals surface area contributed by atoms with E-state index in [0.29, 0.717) is 5.82 Å². The van der Waals surface area contributed by atoms with Crippen LogP contribution in [0.4, 0.5) is 4.39 Å². The van der Waals surface area contributed by atoms with E-state index in [-0.39, 0.29) is 24.0 Å². The summed E-state index contributed by atoms with van der Waals surface area (Å²) in [4.78, 5) is 12.1. The van der Waals surface area contributed by atoms with E-state index in [2.05, 4.69) is 9.97 Å². The molecule has 4 rings (SSSR count). The molecule has 0 atom stereocenters. The second-order valence-electron chi connectivity index (χ2n) is 5.60. The van der Waals surface area contributed by atoms with Crippen molar-refractivity contribution < 1.29 is 9.50 Å². The molecule has 0 aliphatic carbocycles. The number of nitrogens with zero attached hydrogens (tertiary/aromatic N) is 2. The highest BCUT2D eigenvalue weighted by atomic mass is 35.5. The van der Waals surface area contributed by atoms with Crippen LogP contribution in [0.25, 0.3) is 33.9 Å². The Balaban J connectivity index is 0.00000196. The fourth-order valence-corrected chi connectivity index (χ4v) is 2.67. The Morgan fingerprint density at radius 3 is 2.04 bits per heavy atom. The van der Waals surface area contributed by atoms with Crippen LogP contribution in [-0.4, -0.2) is 20.1 Å². The van der Waals surface area contributed by atoms with Crippen molar-refractivity contribution in [3.05, 3.63) is 78.9 Å². The third-order valence-corrected chi connectivity index (χ3v) is 3.93. The van der Waals surface area contributed by atoms with Crippen LogP contribution in [0.15, 0.2) is 73.1 Å². The lowest BCUT2D eigenvalue weighted by Crippen LogP contribution is -1.84. The molecule has 0 aliphatic heterocycles. The third kappa shape index (κ3) is 3.43. The summed E-state index contributed by atoms with van der Waals surface area (Å²) in [6.07, 6.45) is 3.43. The van der Waals surface area contributed by atoms with Crippen LogP contribution >= 0.6 is 12.4 Å². The zero-order valence-electron chi connectivity index (χ0n) is 13.6. The van der Waals surface area contributed by atoms with Crippen molar-refractivity contribution in [2.24, 2.45) is 0 Å². The van der Waals surface area contributed by atoms with Gasteiger partial charge in [-0.2, -0.15) is 0 Å². The van der Waals surface area contributed by atoms with Gasteiger partial charge in [-0.1, -0.05) is 0 Å². The second kappa shape index (κ2) is 7.37. The lowest BCUT2D eigenvalue weighted by Gasteiger charge is -2.02. The minimum atomic E-state index is -0.288. The van der Waals surface area contributed by atoms with Crippen molar-refractivity contribution in [1.29, 1.82) is 0 Å². The van der Waals surface area contributed by atoms with Gasteiger partial charge in [-0.25, -0.2) is 9.37 Å². The number of hydrogen-bond donors (Lipinski definition) is 2. The zero-order chi connectivity index (χ0) is 17.2. The van der Waals surface area contributed by atoms with Crippen LogP contribution in [0.1, 0.15) is 0 Å². The minimum Gasteiger partial charge on any atom is -0.508 e. The van der Waals surface area contributed by atoms with E-state index in [1.54, 1.807) is 48.8 Å². The van der Waals surface area contributed by atoms with Crippen molar-refractivity contribution in [2.45, 2.75) is 0 Å². The Kier molecular flexibility index (Phi) is 5.00. The predicted molar refractivity (Wildman–Crippen MR) is 102 cm³/mol. The fraction of sp³-hybridized carbons (Fsp3) is 0. The summed E-state index contributed by atoms with van der Waals surface area (Å²) in [5, 5.41) is 9.47. The average Bonchev–Trinajstić information content (AvgIpc) is 3.09. The SMILES string of the molecule is Cl.Oc1ccc(-c2nc(-c3ccc(F)cc3)c(-c3ccncc3)[nH]2)cc1. The Bertz CT molecular complexity index is 1000. The molecule has 2 aromatic heterocycles. The van der Waals surface area contributed by atoms with Gasteiger partial charge in [0.15, 0.2) is 0 Å². The number of rotatable bonds is 3. The first-order valence-electron chi connectivity index (χ1n) is 7.76. The molecule has 2 heterocycles. The summed E-state index contributed by atoms with van der Waals surface area (Å²) in [5.74, 6) is 0.582. The highest BCUT2D eigenvalue weighted by Crippen LogP contribution is 2.33. The number of pyridine rings is 1. The predicted octanol–water partition coefficient (Wildman–Crippen LogP) is 5.07. The summed E-state index contributed by atoms with van der Waals surface area (Å²) in [6, 6.07) is 16.8. The Hall–Kier alpha value is -3.18. The van der Waals surface area contributed by atoms with Gasteiger partial charge in [0.05, 0.1) is 11.4 Å². The minimum absolute atomic E-state index is 0. The van der Waals surface area contributed by atoms with Crippen molar-refractivity contribution >= 4 is 12.4 Å². The first kappa shape index (κ1) is 17.6. The van der Waals surface area contributed by atoms with Gasteiger partial charge >= 0.3 is 0 Å². The summed E-state index contributed by atoms with van der Waals surface area (Å²) in [6.45, 7) is 0. The molecule has 0 saturated carbocycles. The monoisotopic (exact) mass is 367 g/mol. The smallest absolute Gasteiger partial charge is 0.138 e. The molecular weight excluding hydrogens is 353 g/mol. The van der Waals surface area contributed by atoms with Crippen molar-refractivity contribution in [2.75, 3.05) is 0 Å². The topological polar surface area (TPSA) is 61.8 Å². The van der Waals surface area contributed by atoms with Crippen molar-refractivity contribution in [3.63, 3.8) is 0 Å². The van der Waals surface area contributed by atoms with Crippen LogP contribution in [-0.2, 0) is 0 Å². The van der Waals surface area contributed by atoms with E-state index in [1.807, 2.05) is 12.1 Å². The van der Waals surface area contributed by atoms with E-state index in [4.69, 9.17) is 4.98 Å². The molecule has 26 heavy (non-hydrogen) atoms. The number of aromatic amines is 1. The standard InChI is InChI=1S/C20H14FN3O.ClH/c21-16-5-1-13(2-6-16)18-19(14-9-11-22-12-10-14)24-20(23-18)15-3-7-17(25)8-4-15;/h1-12,25H,(H,23,24);1H. The van der Waals surface area contributed by atoms with E-state index in [9.17, 15) is 9.50 Å². The van der Waals surface area contributed by atoms with E-state index in [0.717, 1.165) is 28.1 Å². The van der Waals surface area contributed by atoms with Gasteiger partial charge in [-0.15, -0.1) is 12.4 Å². The van der Waals surface area contributed by atoms with Crippen molar-refractivity contribution in [3.8, 4) is 39.7 Å². The van der Waals surface area contributed by atoms with Crippen LogP contribution in [0.2, 0.25) is 0 Å². The molecule has 4 nitrogen and oxygen atoms in total. The van der Waals surface area contributed by atoms with Crippen LogP contribution in [0.5, 0.6) is 5.75 Å². The number of aromatic hydroxyl groups is 1. The van der Waals surface area contributed by atoms with E-state index < -0.39 is 0 Å². The van der Waals surface area contributed by atoms with Gasteiger partial charge < -0.3 is 10.1 Å². The molecule has 0 fully saturated rings. The van der Waals surface area contributed by atoms with Gasteiger partial charge in [0, 0.05) is 29.1 Å². The maximum Gasteiger partial charge on any atom is 0.138 e. The molecule has 0 amide bonds. The largest absolute Gasteiger partial charge is 0.508 e. The fourth-order valence-electron chi connectivity index (χ4n) is 2.67. The summed E-state index contributed by atoms with van der Waals surface area (Å²) in [5.41, 5.74) is 4.16. The second-order valence-corrected chi connectivity index (χ2v) is 5.60. The molecule has 6 heteroatoms. The lowest BCUT2D eigenvalue weighted by molar-refractivity contribution is 0.475. The number of halogens is 2. The maximum atomic E-state index is 13.3. The number of hydrogen-bond acceptors (Lipinski definition) is 3. The van der Waals surface area contributed by atoms with Crippen LogP contribution in [0.3, 0.4) is 0 Å². The first-order valence-corrected chi connectivity index (χ1v) is 7.76. The number of aromatic nitrogens is 3. The summed E-state index contributed by atoms with van der Waals surface area (Å²) >= 11 is 0. The zero-order valence-corrected chi connectivity index (χ0v) is 14.4. The molecule has 2 aromatic carbocycles. The third-order valence-electron chi connectivity index (χ3n) is 3.93. The van der Waals surface area contributed by atoms with E-state index >= 15 is 0 Å². The van der Waals surface area contributed by atoms with Gasteiger partial charge in [-0.05, 0) is 60.7 Å². The number of H-pyrrole nitrogens is 1. The highest BCUT2D eigenvalue weighted by Gasteiger charge is 2.15. The number of phenols is 1. The van der Waals surface area contributed by atoms with Gasteiger partial charge in [0.2, 0.25) is 0 Å². The van der Waals surface area contributed by atoms with Gasteiger partial charge in [0.25, 0.3) is 0 Å². The first-order chi connectivity index (χ1) is 12.2. The number of benzene rings is 2. The average molecular weight is 368 g/mol. The highest BCUT2D eigenvalue weighted by molar-refractivity contribution is 5.85. The summed E-state index contributed by atoms with van der Waals surface area (Å²) < 4.78 is 13.3. The van der Waals surface area contributed by atoms with Gasteiger partial charge in [-0.3, -0.25) is 4.98 Å². The number of imidazole rings is 1. The molecular formula is C20H15ClFN3O. The Labute approximate surface area is 155 Å². The van der Waals surface area contributed by atoms with Crippen LogP contribution in [0, 0.1) is 5.82 Å². The van der Waals surface area contributed by atoms with Crippen LogP contribution < -0.4 is 0 Å². The maximum absolute atomic E-state index is 13.3. The quantitative estimate of drug-likeness (QED) is 0.531. The molecule has 130 valence electrons. The summed E-state index contributed by atoms with van der Waals surface area (Å²) in [7, 11) is 0. The Morgan fingerprint density at radius 1 is 0.769 bits per heavy atom. The molecule has 0 unspecified atom stereocenters. The molecule has 0 aliphatic rings. The lowest BCUT2D eigenvalue weighted by atomic mass is 10.1. The molecule has 0 bridgehead atoms. The molecule has 0 radical (unpaired) electrons. The molecule has 4 aromatic rings.